The fourth-order valence-electron chi connectivity index (χ4n) is 0.764. The number of anilines is 1. The Morgan fingerprint density at radius 2 is 2.38 bits per heavy atom. The second-order valence-corrected chi connectivity index (χ2v) is 3.32. The third-order valence-electron chi connectivity index (χ3n) is 1.36. The average molecular weight is 292 g/mol. The monoisotopic (exact) mass is 292 g/mol. The van der Waals surface area contributed by atoms with E-state index in [1.54, 1.807) is 19.1 Å². The van der Waals surface area contributed by atoms with Crippen LogP contribution >= 0.6 is 22.6 Å². The van der Waals surface area contributed by atoms with E-state index in [-0.39, 0.29) is 0 Å². The summed E-state index contributed by atoms with van der Waals surface area (Å²) in [5.41, 5.74) is 6.40. The Hall–Kier alpha value is -0.850. The molecule has 0 amide bonds. The van der Waals surface area contributed by atoms with Gasteiger partial charge in [-0.25, -0.2) is 9.78 Å². The maximum absolute atomic E-state index is 11.2. The van der Waals surface area contributed by atoms with Crippen molar-refractivity contribution in [3.05, 3.63) is 21.5 Å². The lowest BCUT2D eigenvalue weighted by Gasteiger charge is -2.02. The van der Waals surface area contributed by atoms with Gasteiger partial charge in [0.1, 0.15) is 9.39 Å². The predicted molar refractivity (Wildman–Crippen MR) is 57.3 cm³/mol. The summed E-state index contributed by atoms with van der Waals surface area (Å²) < 4.78 is 5.39. The topological polar surface area (TPSA) is 65.2 Å². The van der Waals surface area contributed by atoms with Crippen LogP contribution in [-0.4, -0.2) is 17.6 Å². The van der Waals surface area contributed by atoms with Crippen molar-refractivity contribution in [3.63, 3.8) is 0 Å². The standard InChI is InChI=1S/C8H9IN2O2/c1-2-13-8(12)6-4-3-5(10)7(9)11-6/h3-4H,2,10H2,1H3. The van der Waals surface area contributed by atoms with Crippen molar-refractivity contribution in [2.24, 2.45) is 0 Å². The molecule has 1 aromatic rings. The molecule has 0 spiro atoms. The van der Waals surface area contributed by atoms with Crippen molar-refractivity contribution in [3.8, 4) is 0 Å². The number of hydrogen-bond acceptors (Lipinski definition) is 4. The number of hydrogen-bond donors (Lipinski definition) is 1. The highest BCUT2D eigenvalue weighted by molar-refractivity contribution is 14.1. The summed E-state index contributed by atoms with van der Waals surface area (Å²) in [5, 5.41) is 0. The van der Waals surface area contributed by atoms with Crippen molar-refractivity contribution in [2.45, 2.75) is 6.92 Å². The summed E-state index contributed by atoms with van der Waals surface area (Å²) >= 11 is 1.97. The molecule has 1 heterocycles. The van der Waals surface area contributed by atoms with E-state index in [2.05, 4.69) is 4.98 Å². The Kier molecular flexibility index (Phi) is 3.47. The summed E-state index contributed by atoms with van der Waals surface area (Å²) in [7, 11) is 0. The molecule has 70 valence electrons. The first-order valence-electron chi connectivity index (χ1n) is 3.74. The molecule has 5 heteroatoms. The number of esters is 1. The van der Waals surface area contributed by atoms with Crippen molar-refractivity contribution < 1.29 is 9.53 Å². The second-order valence-electron chi connectivity index (χ2n) is 2.30. The molecule has 4 nitrogen and oxygen atoms in total. The first-order chi connectivity index (χ1) is 6.15. The molecule has 0 saturated carbocycles. The van der Waals surface area contributed by atoms with Crippen LogP contribution in [0.1, 0.15) is 17.4 Å². The number of rotatable bonds is 2. The molecule has 1 rings (SSSR count). The maximum atomic E-state index is 11.2. The van der Waals surface area contributed by atoms with Crippen LogP contribution < -0.4 is 5.73 Å². The molecular weight excluding hydrogens is 283 g/mol. The fourth-order valence-corrected chi connectivity index (χ4v) is 1.20. The Bertz CT molecular complexity index is 328. The number of aromatic nitrogens is 1. The molecule has 1 aromatic heterocycles. The minimum atomic E-state index is -0.416. The van der Waals surface area contributed by atoms with E-state index in [1.165, 1.54) is 0 Å². The number of carbonyl (C=O) groups is 1. The summed E-state index contributed by atoms with van der Waals surface area (Å²) in [6, 6.07) is 3.19. The normalized spacial score (nSPS) is 9.69. The Morgan fingerprint density at radius 1 is 1.69 bits per heavy atom. The largest absolute Gasteiger partial charge is 0.461 e. The van der Waals surface area contributed by atoms with E-state index in [4.69, 9.17) is 10.5 Å². The Labute approximate surface area is 89.6 Å². The highest BCUT2D eigenvalue weighted by Crippen LogP contribution is 2.12. The molecule has 0 aromatic carbocycles. The molecule has 0 bridgehead atoms. The average Bonchev–Trinajstić information content (AvgIpc) is 2.10. The zero-order valence-electron chi connectivity index (χ0n) is 7.08. The smallest absolute Gasteiger partial charge is 0.356 e. The van der Waals surface area contributed by atoms with Crippen LogP contribution in [0, 0.1) is 3.70 Å². The number of ether oxygens (including phenoxy) is 1. The van der Waals surface area contributed by atoms with Gasteiger partial charge in [-0.2, -0.15) is 0 Å². The Morgan fingerprint density at radius 3 is 2.92 bits per heavy atom. The van der Waals surface area contributed by atoms with Crippen LogP contribution in [0.2, 0.25) is 0 Å². The second kappa shape index (κ2) is 4.40. The molecule has 0 aliphatic heterocycles. The van der Waals surface area contributed by atoms with Crippen molar-refractivity contribution in [2.75, 3.05) is 12.3 Å². The van der Waals surface area contributed by atoms with Gasteiger partial charge in [-0.3, -0.25) is 0 Å². The molecule has 2 N–H and O–H groups in total. The van der Waals surface area contributed by atoms with Gasteiger partial charge < -0.3 is 10.5 Å². The van der Waals surface area contributed by atoms with Gasteiger partial charge in [0, 0.05) is 0 Å². The van der Waals surface area contributed by atoms with Gasteiger partial charge in [-0.15, -0.1) is 0 Å². The molecule has 0 fully saturated rings. The summed E-state index contributed by atoms with van der Waals surface area (Å²) in [4.78, 5) is 15.2. The number of nitrogen functional groups attached to an aromatic ring is 1. The molecule has 0 aliphatic rings. The minimum absolute atomic E-state index is 0.292. The fraction of sp³-hybridized carbons (Fsp3) is 0.250. The summed E-state index contributed by atoms with van der Waals surface area (Å²) in [5.74, 6) is -0.416. The maximum Gasteiger partial charge on any atom is 0.356 e. The number of nitrogens with two attached hydrogens (primary N) is 1. The zero-order valence-corrected chi connectivity index (χ0v) is 9.24. The highest BCUT2D eigenvalue weighted by atomic mass is 127. The third kappa shape index (κ3) is 2.55. The summed E-state index contributed by atoms with van der Waals surface area (Å²) in [6.07, 6.45) is 0. The van der Waals surface area contributed by atoms with Crippen LogP contribution in [0.5, 0.6) is 0 Å². The van der Waals surface area contributed by atoms with Crippen LogP contribution in [0.15, 0.2) is 12.1 Å². The van der Waals surface area contributed by atoms with E-state index >= 15 is 0 Å². The van der Waals surface area contributed by atoms with Gasteiger partial charge in [0.25, 0.3) is 0 Å². The Balaban J connectivity index is 2.90. The van der Waals surface area contributed by atoms with Crippen LogP contribution in [0.4, 0.5) is 5.69 Å². The molecule has 0 atom stereocenters. The first kappa shape index (κ1) is 10.2. The van der Waals surface area contributed by atoms with Crippen LogP contribution in [0.25, 0.3) is 0 Å². The van der Waals surface area contributed by atoms with Gasteiger partial charge >= 0.3 is 5.97 Å². The highest BCUT2D eigenvalue weighted by Gasteiger charge is 2.09. The van der Waals surface area contributed by atoms with Crippen LogP contribution in [0.3, 0.4) is 0 Å². The van der Waals surface area contributed by atoms with Crippen LogP contribution in [-0.2, 0) is 4.74 Å². The first-order valence-corrected chi connectivity index (χ1v) is 4.82. The van der Waals surface area contributed by atoms with Gasteiger partial charge in [-0.05, 0) is 41.6 Å². The van der Waals surface area contributed by atoms with E-state index in [0.29, 0.717) is 21.7 Å². The van der Waals surface area contributed by atoms with Crippen molar-refractivity contribution in [1.29, 1.82) is 0 Å². The lowest BCUT2D eigenvalue weighted by molar-refractivity contribution is 0.0519. The zero-order chi connectivity index (χ0) is 9.84. The van der Waals surface area contributed by atoms with Gasteiger partial charge in [0.05, 0.1) is 12.3 Å². The SMILES string of the molecule is CCOC(=O)c1ccc(N)c(I)n1. The van der Waals surface area contributed by atoms with E-state index in [1.807, 2.05) is 22.6 Å². The van der Waals surface area contributed by atoms with E-state index < -0.39 is 5.97 Å². The van der Waals surface area contributed by atoms with Crippen molar-refractivity contribution in [1.82, 2.24) is 4.98 Å². The van der Waals surface area contributed by atoms with Crippen molar-refractivity contribution >= 4 is 34.2 Å². The minimum Gasteiger partial charge on any atom is -0.461 e. The van der Waals surface area contributed by atoms with E-state index in [9.17, 15) is 4.79 Å². The lowest BCUT2D eigenvalue weighted by Crippen LogP contribution is -2.08. The number of nitrogens with zero attached hydrogens (tertiary/aromatic N) is 1. The third-order valence-corrected chi connectivity index (χ3v) is 2.23. The van der Waals surface area contributed by atoms with Gasteiger partial charge in [0.2, 0.25) is 0 Å². The number of halogens is 1. The number of pyridine rings is 1. The van der Waals surface area contributed by atoms with E-state index in [0.717, 1.165) is 0 Å². The molecule has 0 aliphatic carbocycles. The predicted octanol–water partition coefficient (Wildman–Crippen LogP) is 1.45. The number of carbonyl (C=O) groups excluding carboxylic acids is 1. The van der Waals surface area contributed by atoms with Gasteiger partial charge in [-0.1, -0.05) is 0 Å². The quantitative estimate of drug-likeness (QED) is 0.509. The summed E-state index contributed by atoms with van der Waals surface area (Å²) in [6.45, 7) is 2.10. The van der Waals surface area contributed by atoms with Gasteiger partial charge in [0.15, 0.2) is 0 Å². The molecule has 0 radical (unpaired) electrons. The molecular formula is C8H9IN2O2. The molecule has 0 saturated heterocycles. The lowest BCUT2D eigenvalue weighted by atomic mass is 10.3. The molecule has 13 heavy (non-hydrogen) atoms. The molecule has 0 unspecified atom stereocenters.